The number of para-hydroxylation sites is 1. The minimum atomic E-state index is 0.912. The van der Waals surface area contributed by atoms with E-state index < -0.39 is 0 Å². The van der Waals surface area contributed by atoms with E-state index in [4.69, 9.17) is 0 Å². The molecular weight excluding hydrogens is 294 g/mol. The van der Waals surface area contributed by atoms with Gasteiger partial charge in [-0.2, -0.15) is 0 Å². The minimum absolute atomic E-state index is 0.912. The molecule has 3 rings (SSSR count). The fourth-order valence-corrected chi connectivity index (χ4v) is 3.01. The van der Waals surface area contributed by atoms with Crippen LogP contribution < -0.4 is 5.32 Å². The molecule has 3 aromatic rings. The number of rotatable bonds is 7. The van der Waals surface area contributed by atoms with E-state index in [1.807, 2.05) is 0 Å². The van der Waals surface area contributed by atoms with Crippen LogP contribution in [0.3, 0.4) is 0 Å². The van der Waals surface area contributed by atoms with Crippen LogP contribution in [0.2, 0.25) is 0 Å². The van der Waals surface area contributed by atoms with Crippen molar-refractivity contribution in [1.29, 1.82) is 0 Å². The molecule has 3 heteroatoms. The zero-order valence-corrected chi connectivity index (χ0v) is 14.9. The molecule has 24 heavy (non-hydrogen) atoms. The van der Waals surface area contributed by atoms with Gasteiger partial charge >= 0.3 is 0 Å². The summed E-state index contributed by atoms with van der Waals surface area (Å²) in [7, 11) is 4.21. The van der Waals surface area contributed by atoms with Crippen molar-refractivity contribution < 1.29 is 0 Å². The van der Waals surface area contributed by atoms with Crippen molar-refractivity contribution in [2.24, 2.45) is 0 Å². The van der Waals surface area contributed by atoms with Gasteiger partial charge in [-0.1, -0.05) is 48.0 Å². The summed E-state index contributed by atoms with van der Waals surface area (Å²) in [5.41, 5.74) is 5.33. The second-order valence-electron chi connectivity index (χ2n) is 6.77. The molecule has 0 aliphatic heterocycles. The third-order valence-electron chi connectivity index (χ3n) is 4.40. The Bertz CT molecular complexity index is 784. The topological polar surface area (TPSA) is 20.2 Å². The zero-order valence-electron chi connectivity index (χ0n) is 14.9. The molecule has 0 amide bonds. The minimum Gasteiger partial charge on any atom is -0.343 e. The van der Waals surface area contributed by atoms with Gasteiger partial charge in [-0.15, -0.1) is 0 Å². The van der Waals surface area contributed by atoms with Crippen molar-refractivity contribution in [3.05, 3.63) is 71.4 Å². The van der Waals surface area contributed by atoms with Gasteiger partial charge < -0.3 is 14.8 Å². The van der Waals surface area contributed by atoms with E-state index in [0.29, 0.717) is 0 Å². The van der Waals surface area contributed by atoms with Crippen LogP contribution in [-0.4, -0.2) is 36.7 Å². The first-order chi connectivity index (χ1) is 11.6. The Morgan fingerprint density at radius 1 is 1.00 bits per heavy atom. The van der Waals surface area contributed by atoms with E-state index in [2.05, 4.69) is 90.5 Å². The third-order valence-corrected chi connectivity index (χ3v) is 4.40. The molecule has 0 saturated carbocycles. The standard InChI is InChI=1S/C21H27N3/c1-17-8-10-18(11-9-17)15-24-16-19(14-22-12-13-23(2)3)20-6-4-5-7-21(20)24/h4-11,16,22H,12-15H2,1-3H3. The molecule has 0 spiro atoms. The predicted molar refractivity (Wildman–Crippen MR) is 102 cm³/mol. The van der Waals surface area contributed by atoms with Gasteiger partial charge in [0.25, 0.3) is 0 Å². The van der Waals surface area contributed by atoms with Gasteiger partial charge in [0.2, 0.25) is 0 Å². The predicted octanol–water partition coefficient (Wildman–Crippen LogP) is 3.65. The lowest BCUT2D eigenvalue weighted by atomic mass is 10.1. The normalized spacial score (nSPS) is 11.5. The Labute approximate surface area is 144 Å². The molecule has 0 bridgehead atoms. The monoisotopic (exact) mass is 321 g/mol. The van der Waals surface area contributed by atoms with Crippen LogP contribution in [0.4, 0.5) is 0 Å². The lowest BCUT2D eigenvalue weighted by Gasteiger charge is -2.09. The third kappa shape index (κ3) is 4.05. The van der Waals surface area contributed by atoms with Gasteiger partial charge in [-0.05, 0) is 38.2 Å². The molecule has 1 heterocycles. The van der Waals surface area contributed by atoms with Crippen LogP contribution in [0.15, 0.2) is 54.7 Å². The molecule has 1 aromatic heterocycles. The van der Waals surface area contributed by atoms with Gasteiger partial charge in [-0.3, -0.25) is 0 Å². The first kappa shape index (κ1) is 16.7. The number of hydrogen-bond acceptors (Lipinski definition) is 2. The van der Waals surface area contributed by atoms with Crippen LogP contribution in [0.5, 0.6) is 0 Å². The maximum Gasteiger partial charge on any atom is 0.0486 e. The molecule has 0 fully saturated rings. The second-order valence-corrected chi connectivity index (χ2v) is 6.77. The molecule has 0 radical (unpaired) electrons. The first-order valence-electron chi connectivity index (χ1n) is 8.61. The van der Waals surface area contributed by atoms with Crippen LogP contribution in [0.1, 0.15) is 16.7 Å². The number of aromatic nitrogens is 1. The highest BCUT2D eigenvalue weighted by Crippen LogP contribution is 2.22. The van der Waals surface area contributed by atoms with Crippen molar-refractivity contribution in [3.8, 4) is 0 Å². The largest absolute Gasteiger partial charge is 0.343 e. The van der Waals surface area contributed by atoms with Gasteiger partial charge in [0.1, 0.15) is 0 Å². The molecule has 0 saturated heterocycles. The Hall–Kier alpha value is -2.10. The number of likely N-dealkylation sites (N-methyl/N-ethyl adjacent to an activating group) is 1. The van der Waals surface area contributed by atoms with Crippen molar-refractivity contribution in [2.75, 3.05) is 27.2 Å². The lowest BCUT2D eigenvalue weighted by molar-refractivity contribution is 0.400. The second kappa shape index (κ2) is 7.65. The number of fused-ring (bicyclic) bond motifs is 1. The molecule has 3 nitrogen and oxygen atoms in total. The van der Waals surface area contributed by atoms with Crippen molar-refractivity contribution >= 4 is 10.9 Å². The van der Waals surface area contributed by atoms with Gasteiger partial charge in [0.15, 0.2) is 0 Å². The highest BCUT2D eigenvalue weighted by molar-refractivity contribution is 5.84. The average molecular weight is 321 g/mol. The Morgan fingerprint density at radius 2 is 1.75 bits per heavy atom. The van der Waals surface area contributed by atoms with Gasteiger partial charge in [-0.25, -0.2) is 0 Å². The number of aryl methyl sites for hydroxylation is 1. The van der Waals surface area contributed by atoms with Crippen molar-refractivity contribution in [1.82, 2.24) is 14.8 Å². The summed E-state index contributed by atoms with van der Waals surface area (Å²) in [6, 6.07) is 17.5. The summed E-state index contributed by atoms with van der Waals surface area (Å²) >= 11 is 0. The fraction of sp³-hybridized carbons (Fsp3) is 0.333. The molecular formula is C21H27N3. The molecule has 0 unspecified atom stereocenters. The van der Waals surface area contributed by atoms with E-state index in [9.17, 15) is 0 Å². The summed E-state index contributed by atoms with van der Waals surface area (Å²) in [4.78, 5) is 2.20. The van der Waals surface area contributed by atoms with Crippen LogP contribution in [-0.2, 0) is 13.1 Å². The number of benzene rings is 2. The molecule has 126 valence electrons. The first-order valence-corrected chi connectivity index (χ1v) is 8.61. The summed E-state index contributed by atoms with van der Waals surface area (Å²) in [5, 5.41) is 4.90. The van der Waals surface area contributed by atoms with E-state index in [0.717, 1.165) is 26.2 Å². The fourth-order valence-electron chi connectivity index (χ4n) is 3.01. The summed E-state index contributed by atoms with van der Waals surface area (Å²) in [6.07, 6.45) is 2.30. The average Bonchev–Trinajstić information content (AvgIpc) is 2.92. The number of nitrogens with one attached hydrogen (secondary N) is 1. The highest BCUT2D eigenvalue weighted by atomic mass is 15.1. The lowest BCUT2D eigenvalue weighted by Crippen LogP contribution is -2.26. The maximum atomic E-state index is 3.55. The van der Waals surface area contributed by atoms with Gasteiger partial charge in [0.05, 0.1) is 0 Å². The summed E-state index contributed by atoms with van der Waals surface area (Å²) in [5.74, 6) is 0. The van der Waals surface area contributed by atoms with Crippen LogP contribution >= 0.6 is 0 Å². The Kier molecular flexibility index (Phi) is 5.34. The van der Waals surface area contributed by atoms with Gasteiger partial charge in [0, 0.05) is 43.3 Å². The van der Waals surface area contributed by atoms with Crippen molar-refractivity contribution in [3.63, 3.8) is 0 Å². The number of nitrogens with zero attached hydrogens (tertiary/aromatic N) is 2. The van der Waals surface area contributed by atoms with Crippen LogP contribution in [0, 0.1) is 6.92 Å². The van der Waals surface area contributed by atoms with Crippen molar-refractivity contribution in [2.45, 2.75) is 20.0 Å². The smallest absolute Gasteiger partial charge is 0.0486 e. The van der Waals surface area contributed by atoms with E-state index in [-0.39, 0.29) is 0 Å². The Balaban J connectivity index is 1.79. The quantitative estimate of drug-likeness (QED) is 0.670. The zero-order chi connectivity index (χ0) is 16.9. The SMILES string of the molecule is Cc1ccc(Cn2cc(CNCCN(C)C)c3ccccc32)cc1. The molecule has 0 aliphatic carbocycles. The molecule has 0 atom stereocenters. The molecule has 0 aliphatic rings. The summed E-state index contributed by atoms with van der Waals surface area (Å²) < 4.78 is 2.36. The molecule has 1 N–H and O–H groups in total. The van der Waals surface area contributed by atoms with E-state index >= 15 is 0 Å². The maximum absolute atomic E-state index is 3.55. The summed E-state index contributed by atoms with van der Waals surface area (Å²) in [6.45, 7) is 6.02. The number of hydrogen-bond donors (Lipinski definition) is 1. The highest BCUT2D eigenvalue weighted by Gasteiger charge is 2.08. The van der Waals surface area contributed by atoms with Crippen LogP contribution in [0.25, 0.3) is 10.9 Å². The Morgan fingerprint density at radius 3 is 2.50 bits per heavy atom. The van der Waals surface area contributed by atoms with E-state index in [1.54, 1.807) is 0 Å². The molecule has 2 aromatic carbocycles. The van der Waals surface area contributed by atoms with E-state index in [1.165, 1.54) is 27.6 Å².